The molecule has 9 nitrogen and oxygen atoms in total. The van der Waals surface area contributed by atoms with Crippen molar-refractivity contribution in [1.29, 1.82) is 0 Å². The van der Waals surface area contributed by atoms with E-state index in [9.17, 15) is 67.7 Å². The number of carbonyl (C=O) groups excluding carboxylic acids is 1. The van der Waals surface area contributed by atoms with Crippen LogP contribution < -0.4 is 0 Å². The van der Waals surface area contributed by atoms with Gasteiger partial charge in [-0.2, -0.15) is 39.5 Å². The van der Waals surface area contributed by atoms with Crippen molar-refractivity contribution in [3.8, 4) is 39.1 Å². The van der Waals surface area contributed by atoms with E-state index in [1.54, 1.807) is 115 Å². The third-order valence-corrected chi connectivity index (χ3v) is 14.0. The fourth-order valence-corrected chi connectivity index (χ4v) is 9.52. The maximum Gasteiger partial charge on any atom is 0.416 e. The standard InChI is InChI=1S/C24H16F4N2O.C23H16F4N2O.C22H14F4N2O/c1-14(31)17-4-2-3-5-18(17)19-12-21-22(13-20(19)25)30-23(29-21)11-8-15-6-9-16(10-7-15)24(26,27)28;24-19-12-21-20(11-18(19)17-4-2-1-3-15(17)13-30)28-22(29-21)10-7-14-5-8-16(9-6-14)23(25,26)27;23-18-12-20-19(11-17(18)14-2-1-3-16(29)10-14)27-21(28-20)9-6-13-4-7-15(8-5-13)22(24,25)26/h2-13H,1H3,(H,29,30);1-12,30H,13H2,(H,28,29);1-12,29H,(H,27,28)/b11-8+;10-7+;9-6+. The number of Topliss-reactive ketones (excluding diaryl/α,β-unsaturated/α-hetero) is 1. The number of aliphatic hydroxyl groups excluding tert-OH is 1. The van der Waals surface area contributed by atoms with E-state index in [4.69, 9.17) is 0 Å². The molecule has 9 aromatic carbocycles. The minimum atomic E-state index is -4.39. The number of carbonyl (C=O) groups is 1. The van der Waals surface area contributed by atoms with E-state index < -0.39 is 52.7 Å². The average Bonchev–Trinajstić information content (AvgIpc) is 1.73. The van der Waals surface area contributed by atoms with Crippen molar-refractivity contribution in [2.75, 3.05) is 0 Å². The average molecular weight is 1240 g/mol. The molecule has 454 valence electrons. The molecule has 90 heavy (non-hydrogen) atoms. The third-order valence-electron chi connectivity index (χ3n) is 14.0. The van der Waals surface area contributed by atoms with E-state index in [1.807, 2.05) is 0 Å². The Morgan fingerprint density at radius 1 is 0.422 bits per heavy atom. The highest BCUT2D eigenvalue weighted by Crippen LogP contribution is 2.36. The van der Waals surface area contributed by atoms with Gasteiger partial charge < -0.3 is 25.2 Å². The highest BCUT2D eigenvalue weighted by molar-refractivity contribution is 6.01. The quantitative estimate of drug-likeness (QED) is 0.0645. The summed E-state index contributed by atoms with van der Waals surface area (Å²) < 4.78 is 158. The summed E-state index contributed by atoms with van der Waals surface area (Å²) in [7, 11) is 0. The summed E-state index contributed by atoms with van der Waals surface area (Å²) in [5.41, 5.74) is 6.09. The largest absolute Gasteiger partial charge is 0.508 e. The number of fused-ring (bicyclic) bond motifs is 3. The molecule has 12 rings (SSSR count). The lowest BCUT2D eigenvalue weighted by atomic mass is 9.97. The van der Waals surface area contributed by atoms with Crippen LogP contribution >= 0.6 is 0 Å². The van der Waals surface area contributed by atoms with Crippen LogP contribution in [0.5, 0.6) is 5.75 Å². The van der Waals surface area contributed by atoms with Crippen LogP contribution in [0.3, 0.4) is 0 Å². The van der Waals surface area contributed by atoms with Crippen LogP contribution in [-0.2, 0) is 25.1 Å². The second-order valence-corrected chi connectivity index (χ2v) is 20.2. The van der Waals surface area contributed by atoms with Gasteiger partial charge in [0.05, 0.1) is 56.4 Å². The minimum absolute atomic E-state index is 0.0317. The van der Waals surface area contributed by atoms with Gasteiger partial charge in [-0.15, -0.1) is 0 Å². The second-order valence-electron chi connectivity index (χ2n) is 20.2. The van der Waals surface area contributed by atoms with Gasteiger partial charge in [0, 0.05) is 40.5 Å². The van der Waals surface area contributed by atoms with E-state index in [1.165, 1.54) is 73.7 Å². The number of phenols is 1. The highest BCUT2D eigenvalue weighted by Gasteiger charge is 2.31. The number of benzene rings is 9. The van der Waals surface area contributed by atoms with Crippen molar-refractivity contribution in [2.45, 2.75) is 32.1 Å². The third kappa shape index (κ3) is 14.8. The number of hydrogen-bond acceptors (Lipinski definition) is 6. The van der Waals surface area contributed by atoms with Crippen molar-refractivity contribution in [2.24, 2.45) is 0 Å². The SMILES string of the molecule is CC(=O)c1ccccc1-c1cc2nc(/C=C/c3ccc(C(F)(F)F)cc3)[nH]c2cc1F.OCc1ccccc1-c1cc2nc(/C=C/c3ccc(C(F)(F)F)cc3)[nH]c2cc1F.Oc1cccc(-c2cc3nc(/C=C/c4ccc(C(F)(F)F)cc4)[nH]c3cc2F)c1. The Hall–Kier alpha value is -10.8. The van der Waals surface area contributed by atoms with E-state index in [0.29, 0.717) is 106 Å². The molecule has 0 unspecified atom stereocenters. The Kier molecular flexibility index (Phi) is 17.9. The molecule has 12 aromatic rings. The number of alkyl halides is 9. The molecule has 0 bridgehead atoms. The van der Waals surface area contributed by atoms with Crippen molar-refractivity contribution < 1.29 is 67.7 Å². The minimum Gasteiger partial charge on any atom is -0.508 e. The number of hydrogen-bond donors (Lipinski definition) is 5. The fourth-order valence-electron chi connectivity index (χ4n) is 9.52. The van der Waals surface area contributed by atoms with E-state index in [0.717, 1.165) is 36.4 Å². The van der Waals surface area contributed by atoms with Gasteiger partial charge in [0.1, 0.15) is 40.7 Å². The van der Waals surface area contributed by atoms with Gasteiger partial charge >= 0.3 is 18.5 Å². The van der Waals surface area contributed by atoms with Gasteiger partial charge in [-0.25, -0.2) is 28.1 Å². The predicted octanol–water partition coefficient (Wildman–Crippen LogP) is 19.1. The first-order valence-electron chi connectivity index (χ1n) is 27.1. The summed E-state index contributed by atoms with van der Waals surface area (Å²) >= 11 is 0. The molecule has 0 atom stereocenters. The molecular formula is C69H46F12N6O3. The summed E-state index contributed by atoms with van der Waals surface area (Å²) in [5.74, 6) is -0.254. The molecule has 0 amide bonds. The number of halogens is 12. The zero-order valence-electron chi connectivity index (χ0n) is 46.7. The van der Waals surface area contributed by atoms with Crippen molar-refractivity contribution in [3.63, 3.8) is 0 Å². The monoisotopic (exact) mass is 1230 g/mol. The summed E-state index contributed by atoms with van der Waals surface area (Å²) in [6.45, 7) is 1.21. The maximum absolute atomic E-state index is 14.8. The zero-order valence-corrected chi connectivity index (χ0v) is 46.7. The van der Waals surface area contributed by atoms with Crippen LogP contribution in [-0.4, -0.2) is 45.9 Å². The molecule has 21 heteroatoms. The normalized spacial score (nSPS) is 12.1. The van der Waals surface area contributed by atoms with E-state index in [2.05, 4.69) is 29.9 Å². The van der Waals surface area contributed by atoms with Crippen LogP contribution in [0.4, 0.5) is 52.7 Å². The number of nitrogens with one attached hydrogen (secondary N) is 3. The fraction of sp³-hybridized carbons (Fsp3) is 0.0725. The molecular weight excluding hydrogens is 1190 g/mol. The van der Waals surface area contributed by atoms with Crippen LogP contribution in [0.25, 0.3) is 103 Å². The van der Waals surface area contributed by atoms with Gasteiger partial charge in [0.25, 0.3) is 0 Å². The number of nitrogens with zero attached hydrogens (tertiary/aromatic N) is 3. The van der Waals surface area contributed by atoms with E-state index in [-0.39, 0.29) is 23.7 Å². The molecule has 0 fully saturated rings. The first-order chi connectivity index (χ1) is 42.9. The van der Waals surface area contributed by atoms with Crippen LogP contribution in [0.2, 0.25) is 0 Å². The molecule has 3 aromatic heterocycles. The van der Waals surface area contributed by atoms with Crippen molar-refractivity contribution in [3.05, 3.63) is 261 Å². The maximum atomic E-state index is 14.8. The van der Waals surface area contributed by atoms with Gasteiger partial charge in [-0.3, -0.25) is 4.79 Å². The number of imidazole rings is 3. The van der Waals surface area contributed by atoms with Crippen molar-refractivity contribution >= 4 is 75.3 Å². The molecule has 0 radical (unpaired) electrons. The topological polar surface area (TPSA) is 144 Å². The lowest BCUT2D eigenvalue weighted by Crippen LogP contribution is -2.03. The molecule has 0 saturated carbocycles. The first-order valence-corrected chi connectivity index (χ1v) is 27.1. The molecule has 0 aliphatic carbocycles. The summed E-state index contributed by atoms with van der Waals surface area (Å²) in [5, 5.41) is 19.1. The second kappa shape index (κ2) is 25.9. The van der Waals surface area contributed by atoms with Gasteiger partial charge in [0.15, 0.2) is 5.78 Å². The molecule has 3 heterocycles. The summed E-state index contributed by atoms with van der Waals surface area (Å²) in [6.07, 6.45) is -3.47. The highest BCUT2D eigenvalue weighted by atomic mass is 19.4. The number of phenolic OH excluding ortho intramolecular Hbond substituents is 1. The number of rotatable bonds is 11. The molecule has 5 N–H and O–H groups in total. The van der Waals surface area contributed by atoms with Crippen LogP contribution in [0, 0.1) is 17.5 Å². The molecule has 0 saturated heterocycles. The Balaban J connectivity index is 0.000000149. The number of aliphatic hydroxyl groups is 1. The Morgan fingerprint density at radius 3 is 1.18 bits per heavy atom. The molecule has 0 aliphatic rings. The van der Waals surface area contributed by atoms with Crippen LogP contribution in [0.15, 0.2) is 182 Å². The van der Waals surface area contributed by atoms with Gasteiger partial charge in [0.2, 0.25) is 0 Å². The Morgan fingerprint density at radius 2 is 0.789 bits per heavy atom. The summed E-state index contributed by atoms with van der Waals surface area (Å²) in [4.78, 5) is 34.0. The van der Waals surface area contributed by atoms with E-state index >= 15 is 0 Å². The zero-order chi connectivity index (χ0) is 64.1. The predicted molar refractivity (Wildman–Crippen MR) is 323 cm³/mol. The lowest BCUT2D eigenvalue weighted by Gasteiger charge is -2.08. The smallest absolute Gasteiger partial charge is 0.416 e. The molecule has 0 spiro atoms. The summed E-state index contributed by atoms with van der Waals surface area (Å²) in [6, 6.07) is 43.0. The first kappa shape index (κ1) is 62.3. The number of aromatic amines is 3. The number of aromatic nitrogens is 6. The van der Waals surface area contributed by atoms with Crippen LogP contribution in [0.1, 0.15) is 73.7 Å². The van der Waals surface area contributed by atoms with Gasteiger partial charge in [-0.05, 0) is 131 Å². The Bertz CT molecular complexity index is 4670. The molecule has 0 aliphatic heterocycles. The number of aromatic hydroxyl groups is 1. The Labute approximate surface area is 503 Å². The lowest BCUT2D eigenvalue weighted by molar-refractivity contribution is -0.138. The number of H-pyrrole nitrogens is 3. The van der Waals surface area contributed by atoms with Gasteiger partial charge in [-0.1, -0.05) is 115 Å². The van der Waals surface area contributed by atoms with Crippen molar-refractivity contribution in [1.82, 2.24) is 29.9 Å². The number of ketones is 1.